The molecule has 0 aliphatic rings. The Balaban J connectivity index is 3.04. The van der Waals surface area contributed by atoms with Gasteiger partial charge in [-0.15, -0.1) is 11.3 Å². The molecule has 1 aromatic rings. The minimum atomic E-state index is -3.37. The minimum absolute atomic E-state index is 0.0153. The molecule has 0 bridgehead atoms. The molecule has 0 radical (unpaired) electrons. The molecule has 1 N–H and O–H groups in total. The van der Waals surface area contributed by atoms with Crippen molar-refractivity contribution in [2.45, 2.75) is 51.6 Å². The number of thiophene rings is 1. The molecular weight excluding hydrogens is 280 g/mol. The van der Waals surface area contributed by atoms with E-state index in [9.17, 15) is 8.42 Å². The van der Waals surface area contributed by atoms with Crippen LogP contribution in [-0.2, 0) is 16.6 Å². The molecule has 0 saturated heterocycles. The van der Waals surface area contributed by atoms with Crippen LogP contribution in [0.1, 0.15) is 36.9 Å². The Hall–Kier alpha value is -0.430. The van der Waals surface area contributed by atoms with E-state index in [1.54, 1.807) is 24.5 Å². The molecule has 0 amide bonds. The van der Waals surface area contributed by atoms with E-state index in [0.29, 0.717) is 4.90 Å². The Labute approximate surface area is 120 Å². The number of nitrogens with one attached hydrogen (secondary N) is 1. The maximum atomic E-state index is 12.6. The van der Waals surface area contributed by atoms with E-state index in [2.05, 4.69) is 5.32 Å². The molecule has 6 heteroatoms. The van der Waals surface area contributed by atoms with Gasteiger partial charge in [0.05, 0.1) is 4.90 Å². The van der Waals surface area contributed by atoms with Crippen LogP contribution >= 0.6 is 11.3 Å². The van der Waals surface area contributed by atoms with Crippen LogP contribution < -0.4 is 5.32 Å². The zero-order chi connectivity index (χ0) is 14.6. The van der Waals surface area contributed by atoms with Crippen LogP contribution in [0, 0.1) is 6.92 Å². The van der Waals surface area contributed by atoms with Gasteiger partial charge in [-0.3, -0.25) is 0 Å². The molecule has 1 atom stereocenters. The zero-order valence-corrected chi connectivity index (χ0v) is 14.0. The molecule has 0 fully saturated rings. The molecule has 0 aliphatic heterocycles. The Bertz CT molecular complexity index is 509. The van der Waals surface area contributed by atoms with Crippen molar-refractivity contribution in [1.82, 2.24) is 9.62 Å². The van der Waals surface area contributed by atoms with Crippen LogP contribution in [0.3, 0.4) is 0 Å². The number of aryl methyl sites for hydroxylation is 1. The number of hydrogen-bond donors (Lipinski definition) is 1. The Morgan fingerprint density at radius 3 is 2.58 bits per heavy atom. The summed E-state index contributed by atoms with van der Waals surface area (Å²) in [6, 6.07) is 1.82. The fourth-order valence-corrected chi connectivity index (χ4v) is 4.77. The van der Waals surface area contributed by atoms with Crippen LogP contribution in [-0.4, -0.2) is 32.4 Å². The smallest absolute Gasteiger partial charge is 0.244 e. The fourth-order valence-electron chi connectivity index (χ4n) is 1.76. The van der Waals surface area contributed by atoms with Gasteiger partial charge in [0.25, 0.3) is 0 Å². The molecule has 1 rings (SSSR count). The number of sulfonamides is 1. The predicted molar refractivity (Wildman–Crippen MR) is 81.1 cm³/mol. The second kappa shape index (κ2) is 6.83. The Morgan fingerprint density at radius 2 is 2.05 bits per heavy atom. The summed E-state index contributed by atoms with van der Waals surface area (Å²) in [7, 11) is -1.71. The summed E-state index contributed by atoms with van der Waals surface area (Å²) in [6.07, 6.45) is 0.809. The van der Waals surface area contributed by atoms with Gasteiger partial charge in [-0.05, 0) is 32.9 Å². The summed E-state index contributed by atoms with van der Waals surface area (Å²) in [5.74, 6) is 0. The van der Waals surface area contributed by atoms with Crippen molar-refractivity contribution in [2.75, 3.05) is 13.6 Å². The molecule has 0 aliphatic carbocycles. The van der Waals surface area contributed by atoms with Crippen LogP contribution in [0.4, 0.5) is 0 Å². The average Bonchev–Trinajstić information content (AvgIpc) is 2.76. The number of rotatable bonds is 7. The third-order valence-electron chi connectivity index (χ3n) is 3.34. The summed E-state index contributed by atoms with van der Waals surface area (Å²) in [6.45, 7) is 9.44. The van der Waals surface area contributed by atoms with Gasteiger partial charge < -0.3 is 5.32 Å². The maximum absolute atomic E-state index is 12.6. The quantitative estimate of drug-likeness (QED) is 0.842. The Morgan fingerprint density at radius 1 is 1.42 bits per heavy atom. The third kappa shape index (κ3) is 3.78. The lowest BCUT2D eigenvalue weighted by Crippen LogP contribution is -2.34. The van der Waals surface area contributed by atoms with E-state index in [1.165, 1.54) is 4.31 Å². The molecule has 1 aromatic heterocycles. The lowest BCUT2D eigenvalue weighted by Gasteiger charge is -2.22. The van der Waals surface area contributed by atoms with Gasteiger partial charge >= 0.3 is 0 Å². The lowest BCUT2D eigenvalue weighted by molar-refractivity contribution is 0.380. The molecule has 1 heterocycles. The summed E-state index contributed by atoms with van der Waals surface area (Å²) in [5, 5.41) is 3.22. The van der Waals surface area contributed by atoms with E-state index < -0.39 is 10.0 Å². The van der Waals surface area contributed by atoms with Gasteiger partial charge in [-0.25, -0.2) is 8.42 Å². The van der Waals surface area contributed by atoms with Crippen LogP contribution in [0.2, 0.25) is 0 Å². The second-order valence-electron chi connectivity index (χ2n) is 4.69. The second-order valence-corrected chi connectivity index (χ2v) is 8.00. The van der Waals surface area contributed by atoms with Crippen molar-refractivity contribution >= 4 is 21.4 Å². The van der Waals surface area contributed by atoms with Crippen molar-refractivity contribution < 1.29 is 8.42 Å². The number of hydrogen-bond acceptors (Lipinski definition) is 4. The highest BCUT2D eigenvalue weighted by atomic mass is 32.2. The molecule has 19 heavy (non-hydrogen) atoms. The monoisotopic (exact) mass is 304 g/mol. The fraction of sp³-hybridized carbons (Fsp3) is 0.692. The van der Waals surface area contributed by atoms with Crippen LogP contribution in [0.25, 0.3) is 0 Å². The molecule has 1 unspecified atom stereocenters. The van der Waals surface area contributed by atoms with Gasteiger partial charge in [0, 0.05) is 29.4 Å². The minimum Gasteiger partial charge on any atom is -0.312 e. The van der Waals surface area contributed by atoms with Gasteiger partial charge in [0.2, 0.25) is 10.0 Å². The number of nitrogens with zero attached hydrogens (tertiary/aromatic N) is 1. The molecule has 0 saturated carbocycles. The molecule has 110 valence electrons. The van der Waals surface area contributed by atoms with Gasteiger partial charge in [-0.2, -0.15) is 4.31 Å². The first-order chi connectivity index (χ1) is 8.84. The summed E-state index contributed by atoms with van der Waals surface area (Å²) in [5.41, 5.74) is 0. The predicted octanol–water partition coefficient (Wildman–Crippen LogP) is 2.59. The average molecular weight is 304 g/mol. The first-order valence-corrected chi connectivity index (χ1v) is 8.88. The van der Waals surface area contributed by atoms with E-state index >= 15 is 0 Å². The Kier molecular flexibility index (Phi) is 5.98. The topological polar surface area (TPSA) is 49.4 Å². The van der Waals surface area contributed by atoms with Crippen molar-refractivity contribution in [1.29, 1.82) is 0 Å². The highest BCUT2D eigenvalue weighted by Gasteiger charge is 2.27. The first kappa shape index (κ1) is 16.6. The zero-order valence-electron chi connectivity index (χ0n) is 12.4. The van der Waals surface area contributed by atoms with Crippen molar-refractivity contribution in [2.24, 2.45) is 0 Å². The summed E-state index contributed by atoms with van der Waals surface area (Å²) in [4.78, 5) is 2.38. The standard InChI is InChI=1S/C13H24N2O2S2/c1-6-10(3)15(5)19(16,17)13-8-12(9-14-7-2)18-11(13)4/h8,10,14H,6-7,9H2,1-5H3. The van der Waals surface area contributed by atoms with Crippen molar-refractivity contribution in [3.63, 3.8) is 0 Å². The third-order valence-corrected chi connectivity index (χ3v) is 6.62. The van der Waals surface area contributed by atoms with E-state index in [-0.39, 0.29) is 6.04 Å². The van der Waals surface area contributed by atoms with Crippen LogP contribution in [0.15, 0.2) is 11.0 Å². The normalized spacial score (nSPS) is 14.0. The summed E-state index contributed by atoms with van der Waals surface area (Å²) < 4.78 is 26.6. The lowest BCUT2D eigenvalue weighted by atomic mass is 10.3. The SMILES string of the molecule is CCNCc1cc(S(=O)(=O)N(C)C(C)CC)c(C)s1. The highest BCUT2D eigenvalue weighted by molar-refractivity contribution is 7.89. The largest absolute Gasteiger partial charge is 0.312 e. The van der Waals surface area contributed by atoms with Gasteiger partial charge in [0.15, 0.2) is 0 Å². The maximum Gasteiger partial charge on any atom is 0.244 e. The van der Waals surface area contributed by atoms with E-state index in [4.69, 9.17) is 0 Å². The van der Waals surface area contributed by atoms with Gasteiger partial charge in [0.1, 0.15) is 0 Å². The van der Waals surface area contributed by atoms with Crippen LogP contribution in [0.5, 0.6) is 0 Å². The molecule has 4 nitrogen and oxygen atoms in total. The molecule has 0 aromatic carbocycles. The first-order valence-electron chi connectivity index (χ1n) is 6.62. The highest BCUT2D eigenvalue weighted by Crippen LogP contribution is 2.28. The van der Waals surface area contributed by atoms with E-state index in [1.807, 2.05) is 27.7 Å². The van der Waals surface area contributed by atoms with Crippen molar-refractivity contribution in [3.05, 3.63) is 15.8 Å². The summed E-state index contributed by atoms with van der Waals surface area (Å²) >= 11 is 1.55. The van der Waals surface area contributed by atoms with E-state index in [0.717, 1.165) is 29.3 Å². The van der Waals surface area contributed by atoms with Crippen molar-refractivity contribution in [3.8, 4) is 0 Å². The molecule has 0 spiro atoms. The molecular formula is C13H24N2O2S2. The van der Waals surface area contributed by atoms with Gasteiger partial charge in [-0.1, -0.05) is 13.8 Å².